The smallest absolute Gasteiger partial charge is 0.233 e. The van der Waals surface area contributed by atoms with Gasteiger partial charge < -0.3 is 9.84 Å². The normalized spacial score (nSPS) is 28.9. The third-order valence-corrected chi connectivity index (χ3v) is 7.36. The molecular formula is C26H25NO6. The van der Waals surface area contributed by atoms with Crippen molar-refractivity contribution < 1.29 is 29.0 Å². The Bertz CT molecular complexity index is 1170. The van der Waals surface area contributed by atoms with Gasteiger partial charge >= 0.3 is 0 Å². The molecule has 1 N–H and O–H groups in total. The molecule has 1 saturated heterocycles. The predicted molar refractivity (Wildman–Crippen MR) is 118 cm³/mol. The highest BCUT2D eigenvalue weighted by atomic mass is 16.5. The lowest BCUT2D eigenvalue weighted by Crippen LogP contribution is -2.39. The van der Waals surface area contributed by atoms with Crippen molar-refractivity contribution in [3.63, 3.8) is 0 Å². The van der Waals surface area contributed by atoms with Crippen LogP contribution in [0.25, 0.3) is 0 Å². The summed E-state index contributed by atoms with van der Waals surface area (Å²) in [4.78, 5) is 53.2. The second-order valence-electron chi connectivity index (χ2n) is 9.11. The van der Waals surface area contributed by atoms with Crippen molar-refractivity contribution in [2.24, 2.45) is 17.8 Å². The number of amides is 2. The van der Waals surface area contributed by atoms with Crippen molar-refractivity contribution in [3.05, 3.63) is 64.3 Å². The molecular weight excluding hydrogens is 422 g/mol. The predicted octanol–water partition coefficient (Wildman–Crippen LogP) is 2.12. The largest absolute Gasteiger partial charge is 0.491 e. The average molecular weight is 447 g/mol. The number of rotatable bonds is 4. The molecule has 0 saturated carbocycles. The molecule has 7 nitrogen and oxygen atoms in total. The molecule has 2 amide bonds. The fourth-order valence-electron chi connectivity index (χ4n) is 5.84. The van der Waals surface area contributed by atoms with E-state index in [1.165, 1.54) is 18.0 Å². The molecule has 4 aliphatic rings. The zero-order valence-electron chi connectivity index (χ0n) is 18.5. The van der Waals surface area contributed by atoms with Gasteiger partial charge in [0.1, 0.15) is 12.4 Å². The summed E-state index contributed by atoms with van der Waals surface area (Å²) in [7, 11) is 1.51. The van der Waals surface area contributed by atoms with Crippen LogP contribution in [0.4, 0.5) is 0 Å². The van der Waals surface area contributed by atoms with Crippen LogP contribution in [-0.4, -0.2) is 53.6 Å². The van der Waals surface area contributed by atoms with Crippen molar-refractivity contribution in [2.75, 3.05) is 20.3 Å². The molecule has 1 heterocycles. The Balaban J connectivity index is 1.63. The van der Waals surface area contributed by atoms with Gasteiger partial charge in [-0.05, 0) is 49.5 Å². The van der Waals surface area contributed by atoms with Gasteiger partial charge in [-0.15, -0.1) is 0 Å². The van der Waals surface area contributed by atoms with Crippen molar-refractivity contribution in [1.29, 1.82) is 0 Å². The number of imide groups is 1. The van der Waals surface area contributed by atoms with Crippen LogP contribution in [0.5, 0.6) is 5.75 Å². The molecule has 5 rings (SSSR count). The van der Waals surface area contributed by atoms with E-state index in [0.717, 1.165) is 11.1 Å². The first-order chi connectivity index (χ1) is 15.8. The maximum Gasteiger partial charge on any atom is 0.233 e. The number of ether oxygens (including phenoxy) is 1. The van der Waals surface area contributed by atoms with E-state index in [1.54, 1.807) is 19.1 Å². The fraction of sp³-hybridized carbons (Fsp3) is 0.385. The SMILES string of the molecule is CC1=CC(=O)C2=C(CC3C(=CCC4C(=O)N(C)C(=O)C43)C2c2ccc(OCCO)cc2)C1=O. The van der Waals surface area contributed by atoms with Gasteiger partial charge in [-0.25, -0.2) is 0 Å². The van der Waals surface area contributed by atoms with Gasteiger partial charge in [-0.2, -0.15) is 0 Å². The van der Waals surface area contributed by atoms with Crippen LogP contribution in [0.1, 0.15) is 31.2 Å². The molecule has 33 heavy (non-hydrogen) atoms. The highest BCUT2D eigenvalue weighted by molar-refractivity contribution is 6.23. The summed E-state index contributed by atoms with van der Waals surface area (Å²) in [6.45, 7) is 1.72. The molecule has 170 valence electrons. The summed E-state index contributed by atoms with van der Waals surface area (Å²) >= 11 is 0. The maximum absolute atomic E-state index is 13.2. The molecule has 1 fully saturated rings. The number of aliphatic hydroxyl groups excluding tert-OH is 1. The zero-order valence-corrected chi connectivity index (χ0v) is 18.5. The van der Waals surface area contributed by atoms with Crippen LogP contribution in [0.15, 0.2) is 58.7 Å². The molecule has 1 aliphatic heterocycles. The molecule has 1 aromatic carbocycles. The number of allylic oxidation sites excluding steroid dienone is 6. The summed E-state index contributed by atoms with van der Waals surface area (Å²) in [5, 5.41) is 8.99. The van der Waals surface area contributed by atoms with E-state index < -0.39 is 17.8 Å². The van der Waals surface area contributed by atoms with Gasteiger partial charge in [-0.3, -0.25) is 24.1 Å². The Kier molecular flexibility index (Phi) is 5.16. The molecule has 0 aromatic heterocycles. The van der Waals surface area contributed by atoms with E-state index in [-0.39, 0.29) is 42.5 Å². The fourth-order valence-corrected chi connectivity index (χ4v) is 5.84. The van der Waals surface area contributed by atoms with Crippen LogP contribution in [0.2, 0.25) is 0 Å². The van der Waals surface area contributed by atoms with Crippen molar-refractivity contribution in [2.45, 2.75) is 25.7 Å². The molecule has 1 aromatic rings. The Morgan fingerprint density at radius 3 is 2.48 bits per heavy atom. The highest BCUT2D eigenvalue weighted by Gasteiger charge is 2.55. The first-order valence-electron chi connectivity index (χ1n) is 11.2. The molecule has 4 unspecified atom stereocenters. The van der Waals surface area contributed by atoms with Gasteiger partial charge in [0, 0.05) is 29.7 Å². The molecule has 0 spiro atoms. The molecule has 0 radical (unpaired) electrons. The van der Waals surface area contributed by atoms with Gasteiger partial charge in [0.25, 0.3) is 0 Å². The minimum Gasteiger partial charge on any atom is -0.491 e. The third kappa shape index (κ3) is 3.22. The summed E-state index contributed by atoms with van der Waals surface area (Å²) < 4.78 is 5.46. The molecule has 4 atom stereocenters. The summed E-state index contributed by atoms with van der Waals surface area (Å²) in [5.41, 5.74) is 3.09. The number of hydrogen-bond acceptors (Lipinski definition) is 6. The zero-order chi connectivity index (χ0) is 23.4. The average Bonchev–Trinajstić information content (AvgIpc) is 3.04. The minimum absolute atomic E-state index is 0.0960. The Labute approximate surface area is 191 Å². The van der Waals surface area contributed by atoms with Crippen LogP contribution in [0.3, 0.4) is 0 Å². The van der Waals surface area contributed by atoms with Crippen LogP contribution in [0, 0.1) is 17.8 Å². The standard InChI is InChI=1S/C26H25NO6/c1-13-11-20(29)23-19(24(13)30)12-18-16(7-8-17-22(18)26(32)27(2)25(17)31)21(23)14-3-5-15(6-4-14)33-10-9-28/h3-7,11,17-18,21-22,28H,8-10,12H2,1-2H3. The van der Waals surface area contributed by atoms with Crippen molar-refractivity contribution in [1.82, 2.24) is 4.90 Å². The van der Waals surface area contributed by atoms with Gasteiger partial charge in [-0.1, -0.05) is 23.8 Å². The van der Waals surface area contributed by atoms with E-state index in [4.69, 9.17) is 9.84 Å². The molecule has 7 heteroatoms. The number of aliphatic hydroxyl groups is 1. The van der Waals surface area contributed by atoms with Gasteiger partial charge in [0.15, 0.2) is 11.6 Å². The van der Waals surface area contributed by atoms with Crippen molar-refractivity contribution in [3.8, 4) is 5.75 Å². The quantitative estimate of drug-likeness (QED) is 0.431. The number of benzene rings is 1. The van der Waals surface area contributed by atoms with Crippen LogP contribution >= 0.6 is 0 Å². The van der Waals surface area contributed by atoms with E-state index >= 15 is 0 Å². The summed E-state index contributed by atoms with van der Waals surface area (Å²) in [6.07, 6.45) is 4.14. The second-order valence-corrected chi connectivity index (χ2v) is 9.11. The Morgan fingerprint density at radius 1 is 1.06 bits per heavy atom. The number of nitrogens with zero attached hydrogens (tertiary/aromatic N) is 1. The number of carbonyl (C=O) groups is 4. The van der Waals surface area contributed by atoms with Gasteiger partial charge in [0.2, 0.25) is 11.8 Å². The third-order valence-electron chi connectivity index (χ3n) is 7.36. The molecule has 3 aliphatic carbocycles. The maximum atomic E-state index is 13.2. The van der Waals surface area contributed by atoms with E-state index in [2.05, 4.69) is 0 Å². The highest BCUT2D eigenvalue weighted by Crippen LogP contribution is 2.54. The molecule has 0 bridgehead atoms. The van der Waals surface area contributed by atoms with E-state index in [9.17, 15) is 19.2 Å². The summed E-state index contributed by atoms with van der Waals surface area (Å²) in [5.74, 6) is -1.83. The number of Topliss-reactive ketones (excluding diaryl/α,β-unsaturated/α-hetero) is 1. The number of carbonyl (C=O) groups excluding carboxylic acids is 4. The first-order valence-corrected chi connectivity index (χ1v) is 11.2. The lowest BCUT2D eigenvalue weighted by Gasteiger charge is -2.42. The minimum atomic E-state index is -0.514. The Morgan fingerprint density at radius 2 is 1.79 bits per heavy atom. The summed E-state index contributed by atoms with van der Waals surface area (Å²) in [6, 6.07) is 7.26. The monoisotopic (exact) mass is 447 g/mol. The lowest BCUT2D eigenvalue weighted by molar-refractivity contribution is -0.138. The van der Waals surface area contributed by atoms with Gasteiger partial charge in [0.05, 0.1) is 18.4 Å². The van der Waals surface area contributed by atoms with E-state index in [0.29, 0.717) is 35.3 Å². The topological polar surface area (TPSA) is 101 Å². The second kappa shape index (κ2) is 7.92. The van der Waals surface area contributed by atoms with Crippen LogP contribution in [-0.2, 0) is 19.2 Å². The first kappa shape index (κ1) is 21.5. The van der Waals surface area contributed by atoms with Crippen molar-refractivity contribution >= 4 is 23.4 Å². The van der Waals surface area contributed by atoms with E-state index in [1.807, 2.05) is 18.2 Å². The van der Waals surface area contributed by atoms with Crippen LogP contribution < -0.4 is 4.74 Å². The number of ketones is 2. The lowest BCUT2D eigenvalue weighted by atomic mass is 9.59. The number of hydrogen-bond donors (Lipinski definition) is 1. The number of likely N-dealkylation sites (tertiary alicyclic amines) is 1. The Hall–Kier alpha value is -3.32. The number of fused-ring (bicyclic) bond motifs is 3.